The average Bonchev–Trinajstić information content (AvgIpc) is 3.18. The zero-order valence-electron chi connectivity index (χ0n) is 10.4. The third kappa shape index (κ3) is 2.06. The standard InChI is InChI=1S/C13H18N4O/c14-13(4-5-13)12(18)17-9-7-16(8-10-17)11-3-1-2-6-15-11/h1-3,6H,4-5,7-10,14H2. The Kier molecular flexibility index (Phi) is 2.70. The Morgan fingerprint density at radius 1 is 1.22 bits per heavy atom. The summed E-state index contributed by atoms with van der Waals surface area (Å²) in [6.45, 7) is 3.15. The van der Waals surface area contributed by atoms with Crippen molar-refractivity contribution in [2.45, 2.75) is 18.4 Å². The normalized spacial score (nSPS) is 21.8. The maximum Gasteiger partial charge on any atom is 0.242 e. The molecule has 1 aliphatic heterocycles. The first kappa shape index (κ1) is 11.5. The highest BCUT2D eigenvalue weighted by molar-refractivity contribution is 5.89. The van der Waals surface area contributed by atoms with E-state index < -0.39 is 5.54 Å². The summed E-state index contributed by atoms with van der Waals surface area (Å²) in [5.41, 5.74) is 5.41. The molecule has 0 aromatic carbocycles. The highest BCUT2D eigenvalue weighted by Gasteiger charge is 2.48. The molecule has 2 aliphatic rings. The van der Waals surface area contributed by atoms with E-state index in [0.717, 1.165) is 44.8 Å². The SMILES string of the molecule is NC1(C(=O)N2CCN(c3ccccn3)CC2)CC1. The number of anilines is 1. The average molecular weight is 246 g/mol. The van der Waals surface area contributed by atoms with Crippen LogP contribution in [0.25, 0.3) is 0 Å². The molecule has 5 nitrogen and oxygen atoms in total. The highest BCUT2D eigenvalue weighted by Crippen LogP contribution is 2.34. The molecular weight excluding hydrogens is 228 g/mol. The second-order valence-corrected chi connectivity index (χ2v) is 5.12. The van der Waals surface area contributed by atoms with Crippen LogP contribution in [-0.4, -0.2) is 47.5 Å². The third-order valence-corrected chi connectivity index (χ3v) is 3.75. The number of carbonyl (C=O) groups is 1. The van der Waals surface area contributed by atoms with Gasteiger partial charge in [-0.3, -0.25) is 4.79 Å². The molecule has 3 rings (SSSR count). The second-order valence-electron chi connectivity index (χ2n) is 5.12. The summed E-state index contributed by atoms with van der Waals surface area (Å²) < 4.78 is 0. The van der Waals surface area contributed by atoms with E-state index in [0.29, 0.717) is 0 Å². The van der Waals surface area contributed by atoms with Gasteiger partial charge in [0.25, 0.3) is 0 Å². The lowest BCUT2D eigenvalue weighted by atomic mass is 10.2. The molecular formula is C13H18N4O. The van der Waals surface area contributed by atoms with Gasteiger partial charge < -0.3 is 15.5 Å². The molecule has 0 radical (unpaired) electrons. The lowest BCUT2D eigenvalue weighted by Gasteiger charge is -2.36. The molecule has 1 saturated heterocycles. The Labute approximate surface area is 107 Å². The van der Waals surface area contributed by atoms with E-state index in [1.54, 1.807) is 6.20 Å². The van der Waals surface area contributed by atoms with E-state index in [1.165, 1.54) is 0 Å². The summed E-state index contributed by atoms with van der Waals surface area (Å²) >= 11 is 0. The van der Waals surface area contributed by atoms with Crippen LogP contribution in [0.2, 0.25) is 0 Å². The van der Waals surface area contributed by atoms with Crippen molar-refractivity contribution in [1.82, 2.24) is 9.88 Å². The maximum absolute atomic E-state index is 12.1. The number of nitrogens with two attached hydrogens (primary N) is 1. The van der Waals surface area contributed by atoms with Crippen molar-refractivity contribution in [3.05, 3.63) is 24.4 Å². The summed E-state index contributed by atoms with van der Waals surface area (Å²) in [5, 5.41) is 0. The smallest absolute Gasteiger partial charge is 0.242 e. The van der Waals surface area contributed by atoms with Gasteiger partial charge >= 0.3 is 0 Å². The molecule has 2 N–H and O–H groups in total. The molecule has 96 valence electrons. The first-order valence-electron chi connectivity index (χ1n) is 6.43. The van der Waals surface area contributed by atoms with Gasteiger partial charge in [0.2, 0.25) is 5.91 Å². The van der Waals surface area contributed by atoms with Gasteiger partial charge in [0.15, 0.2) is 0 Å². The molecule has 2 fully saturated rings. The predicted octanol–water partition coefficient (Wildman–Crippen LogP) is 0.221. The molecule has 1 amide bonds. The Hall–Kier alpha value is -1.62. The number of rotatable bonds is 2. The van der Waals surface area contributed by atoms with E-state index in [9.17, 15) is 4.79 Å². The number of pyridine rings is 1. The van der Waals surface area contributed by atoms with Crippen LogP contribution in [0.3, 0.4) is 0 Å². The fourth-order valence-corrected chi connectivity index (χ4v) is 2.34. The fourth-order valence-electron chi connectivity index (χ4n) is 2.34. The summed E-state index contributed by atoms with van der Waals surface area (Å²) in [6, 6.07) is 5.90. The number of aromatic nitrogens is 1. The van der Waals surface area contributed by atoms with E-state index >= 15 is 0 Å². The van der Waals surface area contributed by atoms with Gasteiger partial charge in [0.05, 0.1) is 5.54 Å². The van der Waals surface area contributed by atoms with E-state index in [4.69, 9.17) is 5.73 Å². The largest absolute Gasteiger partial charge is 0.353 e. The van der Waals surface area contributed by atoms with Crippen molar-refractivity contribution in [2.75, 3.05) is 31.1 Å². The first-order chi connectivity index (χ1) is 8.69. The molecule has 0 unspecified atom stereocenters. The first-order valence-corrected chi connectivity index (χ1v) is 6.43. The predicted molar refractivity (Wildman–Crippen MR) is 69.2 cm³/mol. The molecule has 0 spiro atoms. The van der Waals surface area contributed by atoms with Crippen LogP contribution in [0.15, 0.2) is 24.4 Å². The van der Waals surface area contributed by atoms with Gasteiger partial charge in [-0.2, -0.15) is 0 Å². The minimum absolute atomic E-state index is 0.128. The Balaban J connectivity index is 1.60. The number of amides is 1. The maximum atomic E-state index is 12.1. The van der Waals surface area contributed by atoms with Crippen molar-refractivity contribution in [3.63, 3.8) is 0 Å². The molecule has 18 heavy (non-hydrogen) atoms. The van der Waals surface area contributed by atoms with Crippen LogP contribution in [0, 0.1) is 0 Å². The minimum atomic E-state index is -0.535. The van der Waals surface area contributed by atoms with Crippen molar-refractivity contribution in [2.24, 2.45) is 5.73 Å². The van der Waals surface area contributed by atoms with Crippen molar-refractivity contribution in [3.8, 4) is 0 Å². The molecule has 1 saturated carbocycles. The number of hydrogen-bond acceptors (Lipinski definition) is 4. The van der Waals surface area contributed by atoms with Crippen molar-refractivity contribution < 1.29 is 4.79 Å². The van der Waals surface area contributed by atoms with Crippen LogP contribution in [-0.2, 0) is 4.79 Å². The fraction of sp³-hybridized carbons (Fsp3) is 0.538. The number of piperazine rings is 1. The topological polar surface area (TPSA) is 62.5 Å². The Bertz CT molecular complexity index is 436. The van der Waals surface area contributed by atoms with Crippen LogP contribution < -0.4 is 10.6 Å². The zero-order valence-corrected chi connectivity index (χ0v) is 10.4. The molecule has 1 aromatic heterocycles. The number of nitrogens with zero attached hydrogens (tertiary/aromatic N) is 3. The van der Waals surface area contributed by atoms with Crippen molar-refractivity contribution >= 4 is 11.7 Å². The summed E-state index contributed by atoms with van der Waals surface area (Å²) in [4.78, 5) is 20.5. The van der Waals surface area contributed by atoms with Crippen LogP contribution in [0.5, 0.6) is 0 Å². The lowest BCUT2D eigenvalue weighted by molar-refractivity contribution is -0.133. The molecule has 1 aliphatic carbocycles. The van der Waals surface area contributed by atoms with E-state index in [1.807, 2.05) is 23.1 Å². The molecule has 2 heterocycles. The van der Waals surface area contributed by atoms with Crippen molar-refractivity contribution in [1.29, 1.82) is 0 Å². The molecule has 1 aromatic rings. The number of hydrogen-bond donors (Lipinski definition) is 1. The molecule has 5 heteroatoms. The Morgan fingerprint density at radius 2 is 1.94 bits per heavy atom. The van der Waals surface area contributed by atoms with Gasteiger partial charge in [-0.05, 0) is 25.0 Å². The minimum Gasteiger partial charge on any atom is -0.353 e. The summed E-state index contributed by atoms with van der Waals surface area (Å²) in [5.74, 6) is 1.11. The van der Waals surface area contributed by atoms with Gasteiger partial charge in [-0.25, -0.2) is 4.98 Å². The van der Waals surface area contributed by atoms with E-state index in [2.05, 4.69) is 9.88 Å². The zero-order chi connectivity index (χ0) is 12.6. The van der Waals surface area contributed by atoms with Crippen LogP contribution in [0.4, 0.5) is 5.82 Å². The lowest BCUT2D eigenvalue weighted by Crippen LogP contribution is -2.54. The molecule has 0 atom stereocenters. The summed E-state index contributed by atoms with van der Waals surface area (Å²) in [6.07, 6.45) is 3.48. The van der Waals surface area contributed by atoms with E-state index in [-0.39, 0.29) is 5.91 Å². The Morgan fingerprint density at radius 3 is 2.50 bits per heavy atom. The molecule has 0 bridgehead atoms. The van der Waals surface area contributed by atoms with Gasteiger partial charge in [-0.1, -0.05) is 6.07 Å². The summed E-state index contributed by atoms with van der Waals surface area (Å²) in [7, 11) is 0. The van der Waals surface area contributed by atoms with Gasteiger partial charge in [-0.15, -0.1) is 0 Å². The van der Waals surface area contributed by atoms with Gasteiger partial charge in [0, 0.05) is 32.4 Å². The third-order valence-electron chi connectivity index (χ3n) is 3.75. The second kappa shape index (κ2) is 4.24. The quantitative estimate of drug-likeness (QED) is 0.811. The highest BCUT2D eigenvalue weighted by atomic mass is 16.2. The van der Waals surface area contributed by atoms with Crippen LogP contribution >= 0.6 is 0 Å². The van der Waals surface area contributed by atoms with Gasteiger partial charge in [0.1, 0.15) is 5.82 Å². The number of carbonyl (C=O) groups excluding carboxylic acids is 1. The monoisotopic (exact) mass is 246 g/mol. The van der Waals surface area contributed by atoms with Crippen LogP contribution in [0.1, 0.15) is 12.8 Å².